The SMILES string of the molecule is CCCCCCCOc1ccc(C2=NO[C@H](C(=O)N3C(=O)OC(C)(C)[C@@H]3Cc3ccccc3)C2)cc1. The molecule has 0 N–H and O–H groups in total. The highest BCUT2D eigenvalue weighted by Crippen LogP contribution is 2.34. The number of ether oxygens (including phenoxy) is 2. The van der Waals surface area contributed by atoms with Crippen LogP contribution in [0.2, 0.25) is 0 Å². The molecular formula is C29H36N2O5. The molecule has 0 radical (unpaired) electrons. The predicted molar refractivity (Wildman–Crippen MR) is 138 cm³/mol. The van der Waals surface area contributed by atoms with Gasteiger partial charge in [0.2, 0.25) is 6.10 Å². The first-order chi connectivity index (χ1) is 17.4. The highest BCUT2D eigenvalue weighted by atomic mass is 16.6. The molecule has 4 rings (SSSR count). The van der Waals surface area contributed by atoms with Crippen molar-refractivity contribution < 1.29 is 23.9 Å². The molecule has 0 aliphatic carbocycles. The van der Waals surface area contributed by atoms with Gasteiger partial charge in [0, 0.05) is 6.42 Å². The minimum atomic E-state index is -0.862. The summed E-state index contributed by atoms with van der Waals surface area (Å²) in [6.07, 6.45) is 5.28. The number of hydrogen-bond acceptors (Lipinski definition) is 6. The molecule has 0 spiro atoms. The van der Waals surface area contributed by atoms with Crippen LogP contribution in [0.5, 0.6) is 5.75 Å². The van der Waals surface area contributed by atoms with Crippen molar-refractivity contribution in [2.45, 2.75) is 83.5 Å². The van der Waals surface area contributed by atoms with Crippen molar-refractivity contribution in [2.75, 3.05) is 6.61 Å². The van der Waals surface area contributed by atoms with Crippen molar-refractivity contribution >= 4 is 17.7 Å². The van der Waals surface area contributed by atoms with E-state index in [9.17, 15) is 9.59 Å². The second-order valence-electron chi connectivity index (χ2n) is 10.0. The molecule has 2 atom stereocenters. The van der Waals surface area contributed by atoms with Crippen molar-refractivity contribution in [1.29, 1.82) is 0 Å². The van der Waals surface area contributed by atoms with Gasteiger partial charge in [0.15, 0.2) is 0 Å². The van der Waals surface area contributed by atoms with E-state index in [2.05, 4.69) is 12.1 Å². The van der Waals surface area contributed by atoms with Crippen molar-refractivity contribution in [3.63, 3.8) is 0 Å². The van der Waals surface area contributed by atoms with Crippen LogP contribution in [0.1, 0.15) is 70.4 Å². The maximum atomic E-state index is 13.4. The number of amides is 2. The zero-order valence-electron chi connectivity index (χ0n) is 21.4. The molecule has 7 nitrogen and oxygen atoms in total. The maximum absolute atomic E-state index is 13.4. The number of hydrogen-bond donors (Lipinski definition) is 0. The summed E-state index contributed by atoms with van der Waals surface area (Å²) in [6, 6.07) is 17.0. The number of carbonyl (C=O) groups is 2. The van der Waals surface area contributed by atoms with Crippen LogP contribution in [0, 0.1) is 0 Å². The number of oxime groups is 1. The molecule has 1 fully saturated rings. The van der Waals surface area contributed by atoms with Crippen LogP contribution in [0.25, 0.3) is 0 Å². The number of rotatable bonds is 11. The Hall–Kier alpha value is -3.35. The van der Waals surface area contributed by atoms with E-state index in [4.69, 9.17) is 14.3 Å². The fourth-order valence-electron chi connectivity index (χ4n) is 4.67. The Morgan fingerprint density at radius 2 is 1.78 bits per heavy atom. The minimum absolute atomic E-state index is 0.290. The van der Waals surface area contributed by atoms with Crippen LogP contribution in [-0.2, 0) is 20.8 Å². The van der Waals surface area contributed by atoms with Gasteiger partial charge in [0.1, 0.15) is 11.4 Å². The summed E-state index contributed by atoms with van der Waals surface area (Å²) >= 11 is 0. The van der Waals surface area contributed by atoms with Crippen molar-refractivity contribution in [1.82, 2.24) is 4.90 Å². The van der Waals surface area contributed by atoms with Gasteiger partial charge < -0.3 is 14.3 Å². The summed E-state index contributed by atoms with van der Waals surface area (Å²) in [5.74, 6) is 0.389. The average molecular weight is 493 g/mol. The Kier molecular flexibility index (Phi) is 8.28. The van der Waals surface area contributed by atoms with Crippen molar-refractivity contribution in [2.24, 2.45) is 5.16 Å². The Balaban J connectivity index is 1.34. The van der Waals surface area contributed by atoms with Crippen LogP contribution in [0.15, 0.2) is 59.8 Å². The second kappa shape index (κ2) is 11.6. The van der Waals surface area contributed by atoms with Crippen molar-refractivity contribution in [3.8, 4) is 5.75 Å². The van der Waals surface area contributed by atoms with Crippen LogP contribution < -0.4 is 4.74 Å². The summed E-state index contributed by atoms with van der Waals surface area (Å²) in [4.78, 5) is 32.8. The molecule has 2 aromatic rings. The number of unbranched alkanes of at least 4 members (excludes halogenated alkanes) is 4. The fourth-order valence-corrected chi connectivity index (χ4v) is 4.67. The first-order valence-corrected chi connectivity index (χ1v) is 12.9. The molecule has 0 saturated carbocycles. The molecule has 0 bridgehead atoms. The quantitative estimate of drug-likeness (QED) is 0.365. The Bertz CT molecular complexity index is 1060. The van der Waals surface area contributed by atoms with Gasteiger partial charge in [-0.3, -0.25) is 4.79 Å². The van der Waals surface area contributed by atoms with Gasteiger partial charge in [-0.1, -0.05) is 68.1 Å². The van der Waals surface area contributed by atoms with Gasteiger partial charge in [0.25, 0.3) is 5.91 Å². The molecular weight excluding hydrogens is 456 g/mol. The van der Waals surface area contributed by atoms with Crippen molar-refractivity contribution in [3.05, 3.63) is 65.7 Å². The zero-order valence-corrected chi connectivity index (χ0v) is 21.4. The summed E-state index contributed by atoms with van der Waals surface area (Å²) in [6.45, 7) is 6.58. The monoisotopic (exact) mass is 492 g/mol. The highest BCUT2D eigenvalue weighted by Gasteiger charge is 2.52. The lowest BCUT2D eigenvalue weighted by Gasteiger charge is -2.28. The largest absolute Gasteiger partial charge is 0.494 e. The number of imide groups is 1. The topological polar surface area (TPSA) is 77.4 Å². The third-order valence-electron chi connectivity index (χ3n) is 6.82. The molecule has 2 amide bonds. The van der Waals surface area contributed by atoms with E-state index in [-0.39, 0.29) is 0 Å². The number of cyclic esters (lactones) is 1. The zero-order chi connectivity index (χ0) is 25.5. The van der Waals surface area contributed by atoms with Crippen LogP contribution in [-0.4, -0.2) is 47.0 Å². The smallest absolute Gasteiger partial charge is 0.417 e. The summed E-state index contributed by atoms with van der Waals surface area (Å²) in [7, 11) is 0. The summed E-state index contributed by atoms with van der Waals surface area (Å²) in [5.41, 5.74) is 1.76. The lowest BCUT2D eigenvalue weighted by molar-refractivity contribution is -0.140. The van der Waals surface area contributed by atoms with Crippen LogP contribution in [0.3, 0.4) is 0 Å². The van der Waals surface area contributed by atoms with E-state index in [0.717, 1.165) is 23.3 Å². The van der Waals surface area contributed by atoms with Gasteiger partial charge in [-0.05, 0) is 62.1 Å². The molecule has 192 valence electrons. The molecule has 7 heteroatoms. The van der Waals surface area contributed by atoms with Gasteiger partial charge in [-0.2, -0.15) is 0 Å². The third kappa shape index (κ3) is 6.07. The Morgan fingerprint density at radius 3 is 2.50 bits per heavy atom. The normalized spacial score (nSPS) is 20.6. The van der Waals surface area contributed by atoms with E-state index in [1.54, 1.807) is 0 Å². The van der Waals surface area contributed by atoms with E-state index < -0.39 is 29.7 Å². The van der Waals surface area contributed by atoms with Gasteiger partial charge in [-0.25, -0.2) is 9.69 Å². The minimum Gasteiger partial charge on any atom is -0.494 e. The summed E-state index contributed by atoms with van der Waals surface area (Å²) < 4.78 is 11.4. The molecule has 1 saturated heterocycles. The molecule has 2 aliphatic heterocycles. The fraction of sp³-hybridized carbons (Fsp3) is 0.483. The molecule has 0 aromatic heterocycles. The standard InChI is InChI=1S/C29H36N2O5/c1-4-5-6-7-11-18-34-23-16-14-22(15-17-23)24-20-25(36-30-24)27(32)31-26(29(2,3)35-28(31)33)19-21-12-9-8-10-13-21/h8-10,12-17,25-26H,4-7,11,18-20H2,1-3H3/t25-,26-/m0/s1. The van der Waals surface area contributed by atoms with Crippen LogP contribution in [0.4, 0.5) is 4.79 Å². The predicted octanol–water partition coefficient (Wildman–Crippen LogP) is 5.90. The Morgan fingerprint density at radius 1 is 1.06 bits per heavy atom. The molecule has 2 aromatic carbocycles. The van der Waals surface area contributed by atoms with Gasteiger partial charge in [0.05, 0.1) is 18.4 Å². The first-order valence-electron chi connectivity index (χ1n) is 12.9. The van der Waals surface area contributed by atoms with E-state index in [1.807, 2.05) is 68.4 Å². The van der Waals surface area contributed by atoms with E-state index in [1.165, 1.54) is 30.6 Å². The molecule has 2 heterocycles. The molecule has 2 aliphatic rings. The Labute approximate surface area is 213 Å². The number of nitrogens with zero attached hydrogens (tertiary/aromatic N) is 2. The van der Waals surface area contributed by atoms with Gasteiger partial charge >= 0.3 is 6.09 Å². The third-order valence-corrected chi connectivity index (χ3v) is 6.82. The average Bonchev–Trinajstić information content (AvgIpc) is 3.44. The summed E-state index contributed by atoms with van der Waals surface area (Å²) in [5, 5.41) is 4.16. The van der Waals surface area contributed by atoms with Crippen LogP contribution >= 0.6 is 0 Å². The first kappa shape index (κ1) is 25.7. The lowest BCUT2D eigenvalue weighted by atomic mass is 9.91. The highest BCUT2D eigenvalue weighted by molar-refractivity contribution is 6.06. The van der Waals surface area contributed by atoms with E-state index >= 15 is 0 Å². The second-order valence-corrected chi connectivity index (χ2v) is 10.0. The molecule has 36 heavy (non-hydrogen) atoms. The number of carbonyl (C=O) groups excluding carboxylic acids is 2. The molecule has 0 unspecified atom stereocenters. The number of benzene rings is 2. The van der Waals surface area contributed by atoms with Gasteiger partial charge in [-0.15, -0.1) is 0 Å². The lowest BCUT2D eigenvalue weighted by Crippen LogP contribution is -2.49. The van der Waals surface area contributed by atoms with E-state index in [0.29, 0.717) is 25.2 Å². The maximum Gasteiger partial charge on any atom is 0.417 e.